The Morgan fingerprint density at radius 3 is 2.74 bits per heavy atom. The Labute approximate surface area is 114 Å². The summed E-state index contributed by atoms with van der Waals surface area (Å²) in [6.45, 7) is 4.00. The molecule has 4 heteroatoms. The van der Waals surface area contributed by atoms with Crippen LogP contribution in [0.25, 0.3) is 0 Å². The normalized spacial score (nSPS) is 18.6. The average Bonchev–Trinajstić information content (AvgIpc) is 3.27. The lowest BCUT2D eigenvalue weighted by molar-refractivity contribution is -0.131. The van der Waals surface area contributed by atoms with Crippen molar-refractivity contribution in [2.45, 2.75) is 45.2 Å². The van der Waals surface area contributed by atoms with Crippen LogP contribution >= 0.6 is 0 Å². The summed E-state index contributed by atoms with van der Waals surface area (Å²) in [5, 5.41) is 3.28. The number of rotatable bonds is 7. The molecule has 2 fully saturated rings. The van der Waals surface area contributed by atoms with Crippen LogP contribution in [0.15, 0.2) is 16.5 Å². The maximum atomic E-state index is 12.3. The van der Waals surface area contributed by atoms with Crippen LogP contribution in [-0.2, 0) is 11.3 Å². The van der Waals surface area contributed by atoms with Crippen LogP contribution in [0, 0.1) is 12.8 Å². The minimum absolute atomic E-state index is 0.206. The standard InChI is InChI=1S/C15H22N2O2/c1-11-2-7-14(19-11)10-17(13-5-6-13)15(18)9-16-8-12-3-4-12/h2,7,12-13,16H,3-6,8-10H2,1H3. The van der Waals surface area contributed by atoms with E-state index in [1.54, 1.807) is 0 Å². The minimum atomic E-state index is 0.206. The van der Waals surface area contributed by atoms with Crippen LogP contribution in [-0.4, -0.2) is 29.9 Å². The molecule has 1 aromatic heterocycles. The molecule has 0 saturated heterocycles. The van der Waals surface area contributed by atoms with Crippen LogP contribution in [0.3, 0.4) is 0 Å². The second-order valence-corrected chi connectivity index (χ2v) is 5.84. The monoisotopic (exact) mass is 262 g/mol. The molecule has 0 radical (unpaired) electrons. The van der Waals surface area contributed by atoms with Gasteiger partial charge < -0.3 is 14.6 Å². The van der Waals surface area contributed by atoms with E-state index in [0.29, 0.717) is 19.1 Å². The van der Waals surface area contributed by atoms with Crippen LogP contribution in [0.1, 0.15) is 37.2 Å². The van der Waals surface area contributed by atoms with Gasteiger partial charge in [-0.2, -0.15) is 0 Å². The first kappa shape index (κ1) is 12.7. The molecule has 1 N–H and O–H groups in total. The summed E-state index contributed by atoms with van der Waals surface area (Å²) in [7, 11) is 0. The predicted molar refractivity (Wildman–Crippen MR) is 72.6 cm³/mol. The summed E-state index contributed by atoms with van der Waals surface area (Å²) >= 11 is 0. The van der Waals surface area contributed by atoms with E-state index in [1.807, 2.05) is 24.0 Å². The van der Waals surface area contributed by atoms with Crippen molar-refractivity contribution in [2.75, 3.05) is 13.1 Å². The third kappa shape index (κ3) is 3.60. The molecule has 0 unspecified atom stereocenters. The Hall–Kier alpha value is -1.29. The molecule has 0 atom stereocenters. The molecular weight excluding hydrogens is 240 g/mol. The number of hydrogen-bond donors (Lipinski definition) is 1. The van der Waals surface area contributed by atoms with Crippen molar-refractivity contribution >= 4 is 5.91 Å². The molecule has 2 aliphatic carbocycles. The van der Waals surface area contributed by atoms with Crippen LogP contribution in [0.4, 0.5) is 0 Å². The molecule has 104 valence electrons. The Kier molecular flexibility index (Phi) is 3.60. The van der Waals surface area contributed by atoms with E-state index in [2.05, 4.69) is 5.32 Å². The van der Waals surface area contributed by atoms with Crippen LogP contribution < -0.4 is 5.32 Å². The van der Waals surface area contributed by atoms with Gasteiger partial charge in [0, 0.05) is 6.04 Å². The van der Waals surface area contributed by atoms with E-state index in [4.69, 9.17) is 4.42 Å². The highest BCUT2D eigenvalue weighted by Crippen LogP contribution is 2.29. The number of furan rings is 1. The zero-order valence-electron chi connectivity index (χ0n) is 11.5. The van der Waals surface area contributed by atoms with Crippen molar-refractivity contribution < 1.29 is 9.21 Å². The van der Waals surface area contributed by atoms with Gasteiger partial charge in [0.25, 0.3) is 0 Å². The number of amides is 1. The van der Waals surface area contributed by atoms with Gasteiger partial charge in [0.2, 0.25) is 5.91 Å². The number of hydrogen-bond acceptors (Lipinski definition) is 3. The van der Waals surface area contributed by atoms with E-state index in [0.717, 1.165) is 36.8 Å². The lowest BCUT2D eigenvalue weighted by atomic mass is 10.3. The topological polar surface area (TPSA) is 45.5 Å². The zero-order valence-corrected chi connectivity index (χ0v) is 11.5. The summed E-state index contributed by atoms with van der Waals surface area (Å²) in [5.41, 5.74) is 0. The zero-order chi connectivity index (χ0) is 13.2. The van der Waals surface area contributed by atoms with E-state index >= 15 is 0 Å². The maximum absolute atomic E-state index is 12.3. The highest BCUT2D eigenvalue weighted by molar-refractivity contribution is 5.78. The lowest BCUT2D eigenvalue weighted by Gasteiger charge is -2.21. The Balaban J connectivity index is 1.52. The van der Waals surface area contributed by atoms with Gasteiger partial charge in [0.1, 0.15) is 11.5 Å². The molecule has 19 heavy (non-hydrogen) atoms. The molecule has 0 aliphatic heterocycles. The van der Waals surface area contributed by atoms with Crippen molar-refractivity contribution in [1.29, 1.82) is 0 Å². The fraction of sp³-hybridized carbons (Fsp3) is 0.667. The van der Waals surface area contributed by atoms with Gasteiger partial charge >= 0.3 is 0 Å². The number of carbonyl (C=O) groups excluding carboxylic acids is 1. The van der Waals surface area contributed by atoms with Crippen molar-refractivity contribution in [2.24, 2.45) is 5.92 Å². The SMILES string of the molecule is Cc1ccc(CN(C(=O)CNCC2CC2)C2CC2)o1. The minimum Gasteiger partial charge on any atom is -0.464 e. The highest BCUT2D eigenvalue weighted by atomic mass is 16.3. The Bertz CT molecular complexity index is 447. The lowest BCUT2D eigenvalue weighted by Crippen LogP contribution is -2.39. The molecule has 1 heterocycles. The number of aryl methyl sites for hydroxylation is 1. The van der Waals surface area contributed by atoms with Gasteiger partial charge in [-0.3, -0.25) is 4.79 Å². The second-order valence-electron chi connectivity index (χ2n) is 5.84. The average molecular weight is 262 g/mol. The fourth-order valence-electron chi connectivity index (χ4n) is 2.35. The summed E-state index contributed by atoms with van der Waals surface area (Å²) in [4.78, 5) is 14.2. The fourth-order valence-corrected chi connectivity index (χ4v) is 2.35. The third-order valence-electron chi connectivity index (χ3n) is 3.84. The quantitative estimate of drug-likeness (QED) is 0.818. The second kappa shape index (κ2) is 5.37. The number of carbonyl (C=O) groups is 1. The van der Waals surface area contributed by atoms with Gasteiger partial charge in [-0.15, -0.1) is 0 Å². The smallest absolute Gasteiger partial charge is 0.237 e. The van der Waals surface area contributed by atoms with Crippen molar-refractivity contribution in [1.82, 2.24) is 10.2 Å². The van der Waals surface area contributed by atoms with Crippen LogP contribution in [0.2, 0.25) is 0 Å². The Morgan fingerprint density at radius 2 is 2.16 bits per heavy atom. The van der Waals surface area contributed by atoms with E-state index in [-0.39, 0.29) is 5.91 Å². The third-order valence-corrected chi connectivity index (χ3v) is 3.84. The summed E-state index contributed by atoms with van der Waals surface area (Å²) in [6, 6.07) is 4.35. The molecule has 1 aromatic rings. The molecule has 2 aliphatic rings. The molecule has 4 nitrogen and oxygen atoms in total. The molecule has 0 aromatic carbocycles. The first-order chi connectivity index (χ1) is 9.22. The molecule has 1 amide bonds. The summed E-state index contributed by atoms with van der Waals surface area (Å²) in [6.07, 6.45) is 4.90. The van der Waals surface area contributed by atoms with E-state index in [9.17, 15) is 4.79 Å². The number of nitrogens with zero attached hydrogens (tertiary/aromatic N) is 1. The van der Waals surface area contributed by atoms with Crippen LogP contribution in [0.5, 0.6) is 0 Å². The summed E-state index contributed by atoms with van der Waals surface area (Å²) < 4.78 is 5.58. The molecule has 0 spiro atoms. The molecular formula is C15H22N2O2. The molecule has 2 saturated carbocycles. The van der Waals surface area contributed by atoms with Gasteiger partial charge in [-0.05, 0) is 57.2 Å². The molecule has 3 rings (SSSR count). The van der Waals surface area contributed by atoms with Gasteiger partial charge in [-0.1, -0.05) is 0 Å². The predicted octanol–water partition coefficient (Wildman–Crippen LogP) is 2.08. The largest absolute Gasteiger partial charge is 0.464 e. The van der Waals surface area contributed by atoms with Gasteiger partial charge in [0.15, 0.2) is 0 Å². The van der Waals surface area contributed by atoms with Gasteiger partial charge in [-0.25, -0.2) is 0 Å². The first-order valence-corrected chi connectivity index (χ1v) is 7.28. The number of nitrogens with one attached hydrogen (secondary N) is 1. The van der Waals surface area contributed by atoms with Gasteiger partial charge in [0.05, 0.1) is 13.1 Å². The van der Waals surface area contributed by atoms with E-state index < -0.39 is 0 Å². The summed E-state index contributed by atoms with van der Waals surface area (Å²) in [5.74, 6) is 2.82. The first-order valence-electron chi connectivity index (χ1n) is 7.28. The van der Waals surface area contributed by atoms with Crippen molar-refractivity contribution in [3.63, 3.8) is 0 Å². The molecule has 0 bridgehead atoms. The highest BCUT2D eigenvalue weighted by Gasteiger charge is 2.33. The maximum Gasteiger partial charge on any atom is 0.237 e. The van der Waals surface area contributed by atoms with Crippen molar-refractivity contribution in [3.05, 3.63) is 23.7 Å². The van der Waals surface area contributed by atoms with Crippen molar-refractivity contribution in [3.8, 4) is 0 Å². The Morgan fingerprint density at radius 1 is 1.37 bits per heavy atom. The van der Waals surface area contributed by atoms with E-state index in [1.165, 1.54) is 12.8 Å².